The van der Waals surface area contributed by atoms with Gasteiger partial charge in [0, 0.05) is 16.5 Å². The number of aromatic nitrogens is 1. The normalized spacial score (nSPS) is 11.2. The molecule has 0 saturated heterocycles. The second-order valence-corrected chi connectivity index (χ2v) is 6.98. The van der Waals surface area contributed by atoms with Gasteiger partial charge in [-0.05, 0) is 62.1 Å². The zero-order valence-electron chi connectivity index (χ0n) is 14.5. The Bertz CT molecular complexity index is 902. The van der Waals surface area contributed by atoms with E-state index in [1.165, 1.54) is 10.9 Å². The minimum absolute atomic E-state index is 0.556. The van der Waals surface area contributed by atoms with Crippen molar-refractivity contribution in [2.75, 3.05) is 13.7 Å². The topological polar surface area (TPSA) is 51.0 Å². The molecule has 0 aliphatic heterocycles. The van der Waals surface area contributed by atoms with Gasteiger partial charge < -0.3 is 15.5 Å². The number of rotatable bonds is 6. The summed E-state index contributed by atoms with van der Waals surface area (Å²) in [5, 5.41) is 2.29. The van der Waals surface area contributed by atoms with Crippen molar-refractivity contribution in [3.05, 3.63) is 51.5 Å². The van der Waals surface area contributed by atoms with Crippen molar-refractivity contribution >= 4 is 34.1 Å². The van der Waals surface area contributed by atoms with E-state index in [2.05, 4.69) is 18.0 Å². The number of halogens is 2. The van der Waals surface area contributed by atoms with Crippen LogP contribution in [0.1, 0.15) is 24.0 Å². The molecule has 0 unspecified atom stereocenters. The highest BCUT2D eigenvalue weighted by Gasteiger charge is 2.18. The largest absolute Gasteiger partial charge is 0.497 e. The molecule has 1 heterocycles. The van der Waals surface area contributed by atoms with Gasteiger partial charge in [0.15, 0.2) is 0 Å². The minimum Gasteiger partial charge on any atom is -0.497 e. The first-order chi connectivity index (χ1) is 12.1. The van der Waals surface area contributed by atoms with Crippen LogP contribution in [0.5, 0.6) is 5.75 Å². The van der Waals surface area contributed by atoms with Crippen molar-refractivity contribution in [3.63, 3.8) is 0 Å². The number of hydrogen-bond donors (Lipinski definition) is 2. The third kappa shape index (κ3) is 3.50. The molecule has 0 fully saturated rings. The van der Waals surface area contributed by atoms with Crippen LogP contribution in [0.3, 0.4) is 0 Å². The zero-order chi connectivity index (χ0) is 18.0. The van der Waals surface area contributed by atoms with Gasteiger partial charge in [0.2, 0.25) is 0 Å². The lowest BCUT2D eigenvalue weighted by molar-refractivity contribution is 0.415. The molecule has 3 nitrogen and oxygen atoms in total. The maximum atomic E-state index is 6.49. The van der Waals surface area contributed by atoms with Crippen molar-refractivity contribution in [1.29, 1.82) is 0 Å². The molecular weight excluding hydrogens is 355 g/mol. The molecule has 3 rings (SSSR count). The lowest BCUT2D eigenvalue weighted by Gasteiger charge is -2.08. The Hall–Kier alpha value is -1.68. The Kier molecular flexibility index (Phi) is 5.57. The second-order valence-electron chi connectivity index (χ2n) is 6.19. The van der Waals surface area contributed by atoms with Crippen LogP contribution in [-0.4, -0.2) is 18.6 Å². The van der Waals surface area contributed by atoms with Gasteiger partial charge in [0.25, 0.3) is 0 Å². The molecule has 25 heavy (non-hydrogen) atoms. The Labute approximate surface area is 158 Å². The zero-order valence-corrected chi connectivity index (χ0v) is 16.0. The quantitative estimate of drug-likeness (QED) is 0.538. The molecule has 0 bridgehead atoms. The van der Waals surface area contributed by atoms with Gasteiger partial charge in [0.1, 0.15) is 5.75 Å². The first kappa shape index (κ1) is 18.1. The van der Waals surface area contributed by atoms with Crippen LogP contribution in [0, 0.1) is 6.92 Å². The van der Waals surface area contributed by atoms with Crippen LogP contribution in [0.2, 0.25) is 10.0 Å². The summed E-state index contributed by atoms with van der Waals surface area (Å²) in [5.41, 5.74) is 11.1. The van der Waals surface area contributed by atoms with Crippen molar-refractivity contribution in [3.8, 4) is 17.0 Å². The van der Waals surface area contributed by atoms with Crippen molar-refractivity contribution in [1.82, 2.24) is 4.98 Å². The van der Waals surface area contributed by atoms with E-state index >= 15 is 0 Å². The van der Waals surface area contributed by atoms with Crippen LogP contribution >= 0.6 is 23.2 Å². The fourth-order valence-corrected chi connectivity index (χ4v) is 3.64. The molecule has 0 atom stereocenters. The van der Waals surface area contributed by atoms with Crippen LogP contribution in [0.4, 0.5) is 0 Å². The number of hydrogen-bond acceptors (Lipinski definition) is 2. The summed E-state index contributed by atoms with van der Waals surface area (Å²) in [5.74, 6) is 0.854. The lowest BCUT2D eigenvalue weighted by atomic mass is 9.99. The van der Waals surface area contributed by atoms with Crippen molar-refractivity contribution in [2.24, 2.45) is 5.73 Å². The Balaban J connectivity index is 2.24. The maximum Gasteiger partial charge on any atom is 0.119 e. The number of nitrogens with two attached hydrogens (primary N) is 1. The first-order valence-electron chi connectivity index (χ1n) is 8.40. The molecule has 2 aromatic carbocycles. The average Bonchev–Trinajstić information content (AvgIpc) is 2.96. The molecule has 0 amide bonds. The molecule has 1 aromatic heterocycles. The summed E-state index contributed by atoms with van der Waals surface area (Å²) >= 11 is 12.7. The third-order valence-corrected chi connectivity index (χ3v) is 5.34. The second kappa shape index (κ2) is 7.69. The van der Waals surface area contributed by atoms with Gasteiger partial charge >= 0.3 is 0 Å². The van der Waals surface area contributed by atoms with E-state index in [9.17, 15) is 0 Å². The molecular formula is C20H22Cl2N2O. The Morgan fingerprint density at radius 3 is 2.68 bits per heavy atom. The highest BCUT2D eigenvalue weighted by molar-refractivity contribution is 6.43. The fourth-order valence-electron chi connectivity index (χ4n) is 3.24. The van der Waals surface area contributed by atoms with Gasteiger partial charge in [-0.2, -0.15) is 0 Å². The molecule has 0 saturated carbocycles. The Morgan fingerprint density at radius 2 is 1.96 bits per heavy atom. The minimum atomic E-state index is 0.556. The van der Waals surface area contributed by atoms with E-state index in [0.29, 0.717) is 16.6 Å². The highest BCUT2D eigenvalue weighted by atomic mass is 35.5. The summed E-state index contributed by atoms with van der Waals surface area (Å²) in [6, 6.07) is 9.84. The number of H-pyrrole nitrogens is 1. The monoisotopic (exact) mass is 376 g/mol. The molecule has 0 radical (unpaired) electrons. The predicted octanol–water partition coefficient (Wildman–Crippen LogP) is 5.74. The smallest absolute Gasteiger partial charge is 0.119 e. The number of methoxy groups -OCH3 is 1. The molecule has 3 aromatic rings. The number of fused-ring (bicyclic) bond motifs is 1. The number of benzene rings is 2. The van der Waals surface area contributed by atoms with Crippen LogP contribution < -0.4 is 10.5 Å². The SMILES string of the molecule is COc1cc(C)c2[nH]c(-c3cccc(Cl)c3Cl)c(CCCCN)c2c1. The summed E-state index contributed by atoms with van der Waals surface area (Å²) < 4.78 is 5.46. The predicted molar refractivity (Wildman–Crippen MR) is 107 cm³/mol. The molecule has 3 N–H and O–H groups in total. The van der Waals surface area contributed by atoms with E-state index in [-0.39, 0.29) is 0 Å². The third-order valence-electron chi connectivity index (χ3n) is 4.52. The summed E-state index contributed by atoms with van der Waals surface area (Å²) in [6.45, 7) is 2.77. The summed E-state index contributed by atoms with van der Waals surface area (Å²) in [7, 11) is 1.69. The summed E-state index contributed by atoms with van der Waals surface area (Å²) in [6.07, 6.45) is 2.92. The highest BCUT2D eigenvalue weighted by Crippen LogP contribution is 2.40. The fraction of sp³-hybridized carbons (Fsp3) is 0.300. The van der Waals surface area contributed by atoms with Gasteiger partial charge in [-0.15, -0.1) is 0 Å². The van der Waals surface area contributed by atoms with Crippen LogP contribution in [0.15, 0.2) is 30.3 Å². The number of ether oxygens (including phenoxy) is 1. The van der Waals surface area contributed by atoms with Gasteiger partial charge in [-0.25, -0.2) is 0 Å². The van der Waals surface area contributed by atoms with Gasteiger partial charge in [-0.1, -0.05) is 35.3 Å². The van der Waals surface area contributed by atoms with Crippen molar-refractivity contribution < 1.29 is 4.74 Å². The summed E-state index contributed by atoms with van der Waals surface area (Å²) in [4.78, 5) is 3.57. The van der Waals surface area contributed by atoms with Crippen LogP contribution in [0.25, 0.3) is 22.2 Å². The van der Waals surface area contributed by atoms with Crippen molar-refractivity contribution in [2.45, 2.75) is 26.2 Å². The lowest BCUT2D eigenvalue weighted by Crippen LogP contribution is -1.99. The first-order valence-corrected chi connectivity index (χ1v) is 9.16. The van der Waals surface area contributed by atoms with E-state index in [1.54, 1.807) is 13.2 Å². The number of aromatic amines is 1. The van der Waals surface area contributed by atoms with Gasteiger partial charge in [0.05, 0.1) is 22.8 Å². The van der Waals surface area contributed by atoms with E-state index < -0.39 is 0 Å². The van der Waals surface area contributed by atoms with E-state index in [0.717, 1.165) is 47.3 Å². The number of nitrogens with one attached hydrogen (secondary N) is 1. The van der Waals surface area contributed by atoms with Crippen LogP contribution in [-0.2, 0) is 6.42 Å². The molecule has 0 spiro atoms. The van der Waals surface area contributed by atoms with E-state index in [1.807, 2.05) is 18.2 Å². The van der Waals surface area contributed by atoms with Gasteiger partial charge in [-0.3, -0.25) is 0 Å². The molecule has 5 heteroatoms. The Morgan fingerprint density at radius 1 is 1.16 bits per heavy atom. The molecule has 0 aliphatic carbocycles. The standard InChI is InChI=1S/C20H22Cl2N2O/c1-12-10-13(25-2)11-16-14(6-3-4-9-23)20(24-19(12)16)15-7-5-8-17(21)18(15)22/h5,7-8,10-11,24H,3-4,6,9,23H2,1-2H3. The number of unbranched alkanes of at least 4 members (excludes halogenated alkanes) is 1. The molecule has 0 aliphatic rings. The average molecular weight is 377 g/mol. The molecule has 132 valence electrons. The van der Waals surface area contributed by atoms with E-state index in [4.69, 9.17) is 33.7 Å². The maximum absolute atomic E-state index is 6.49. The number of aryl methyl sites for hydroxylation is 2.